The molecule has 0 aromatic carbocycles. The Labute approximate surface area is 127 Å². The van der Waals surface area contributed by atoms with Crippen molar-refractivity contribution in [1.29, 1.82) is 0 Å². The summed E-state index contributed by atoms with van der Waals surface area (Å²) in [5, 5.41) is 3.02. The van der Waals surface area contributed by atoms with Crippen molar-refractivity contribution in [3.8, 4) is 0 Å². The number of rotatable bonds is 6. The van der Waals surface area contributed by atoms with Crippen molar-refractivity contribution in [3.63, 3.8) is 0 Å². The molecule has 0 aromatic heterocycles. The summed E-state index contributed by atoms with van der Waals surface area (Å²) < 4.78 is 0.612. The average Bonchev–Trinajstić information content (AvgIpc) is 1.96. The number of thiocarbonyl (C=S) groups is 1. The Morgan fingerprint density at radius 3 is 2.33 bits per heavy atom. The van der Waals surface area contributed by atoms with Gasteiger partial charge in [-0.25, -0.2) is 0 Å². The van der Waals surface area contributed by atoms with Crippen molar-refractivity contribution in [3.05, 3.63) is 0 Å². The minimum atomic E-state index is 0. The maximum atomic E-state index is 4.75. The first-order valence-corrected chi connectivity index (χ1v) is 5.09. The molecule has 70 valence electrons. The van der Waals surface area contributed by atoms with Crippen molar-refractivity contribution >= 4 is 78.0 Å². The first-order chi connectivity index (χ1) is 5.27. The second-order valence-electron chi connectivity index (χ2n) is 2.65. The van der Waals surface area contributed by atoms with Gasteiger partial charge in [0, 0.05) is 6.54 Å². The molecule has 0 aromatic rings. The Hall–Kier alpha value is 1.81. The van der Waals surface area contributed by atoms with Crippen LogP contribution in [-0.4, -0.2) is 59.7 Å². The summed E-state index contributed by atoms with van der Waals surface area (Å²) in [4.78, 5) is 0. The molecule has 0 atom stereocenters. The molecule has 0 spiro atoms. The van der Waals surface area contributed by atoms with Crippen molar-refractivity contribution < 1.29 is 0 Å². The quantitative estimate of drug-likeness (QED) is 0.334. The van der Waals surface area contributed by atoms with Gasteiger partial charge in [-0.2, -0.15) is 0 Å². The van der Waals surface area contributed by atoms with Gasteiger partial charge in [-0.1, -0.05) is 44.8 Å². The van der Waals surface area contributed by atoms with Crippen LogP contribution >= 0.6 is 24.8 Å². The van der Waals surface area contributed by atoms with E-state index in [1.54, 1.807) is 0 Å². The van der Waals surface area contributed by atoms with E-state index < -0.39 is 0 Å². The number of unbranched alkanes of at least 4 members (excludes halogenated alkanes) is 4. The Balaban J connectivity index is 0. The standard InChI is InChI=1S/C8H17NS2.Ba.2H/c1-2-3-4-5-6-7-9-8(10)11;;;/h2-7H2,1H3,(H2,9,10,11);;;. The van der Waals surface area contributed by atoms with Crippen molar-refractivity contribution in [2.45, 2.75) is 39.0 Å². The van der Waals surface area contributed by atoms with E-state index in [0.717, 1.165) is 6.54 Å². The Kier molecular flexibility index (Phi) is 17.3. The van der Waals surface area contributed by atoms with E-state index in [-0.39, 0.29) is 48.9 Å². The predicted molar refractivity (Wildman–Crippen MR) is 66.9 cm³/mol. The van der Waals surface area contributed by atoms with E-state index in [2.05, 4.69) is 24.9 Å². The fourth-order valence-corrected chi connectivity index (χ4v) is 1.14. The molecule has 0 rings (SSSR count). The van der Waals surface area contributed by atoms with Crippen LogP contribution < -0.4 is 5.32 Å². The van der Waals surface area contributed by atoms with E-state index in [1.807, 2.05) is 0 Å². The van der Waals surface area contributed by atoms with Gasteiger partial charge in [0.2, 0.25) is 0 Å². The molecule has 0 heterocycles. The average molecular weight is 331 g/mol. The van der Waals surface area contributed by atoms with Gasteiger partial charge in [-0.15, -0.1) is 12.6 Å². The molecule has 4 heteroatoms. The van der Waals surface area contributed by atoms with E-state index >= 15 is 0 Å². The summed E-state index contributed by atoms with van der Waals surface area (Å²) >= 11 is 8.71. The van der Waals surface area contributed by atoms with E-state index in [1.165, 1.54) is 32.1 Å². The molecule has 12 heavy (non-hydrogen) atoms. The zero-order valence-electron chi connectivity index (χ0n) is 7.10. The zero-order chi connectivity index (χ0) is 8.53. The third-order valence-corrected chi connectivity index (χ3v) is 1.86. The molecule has 0 radical (unpaired) electrons. The van der Waals surface area contributed by atoms with Crippen molar-refractivity contribution in [2.24, 2.45) is 0 Å². The number of thiol groups is 1. The van der Waals surface area contributed by atoms with E-state index in [9.17, 15) is 0 Å². The summed E-state index contributed by atoms with van der Waals surface area (Å²) in [5.74, 6) is 0. The number of nitrogens with one attached hydrogen (secondary N) is 1. The molecular weight excluding hydrogens is 312 g/mol. The molecule has 0 fully saturated rings. The summed E-state index contributed by atoms with van der Waals surface area (Å²) in [6.45, 7) is 3.20. The van der Waals surface area contributed by atoms with Gasteiger partial charge in [-0.05, 0) is 6.42 Å². The van der Waals surface area contributed by atoms with Crippen LogP contribution in [-0.2, 0) is 0 Å². The molecule has 0 saturated carbocycles. The van der Waals surface area contributed by atoms with Gasteiger partial charge in [0.1, 0.15) is 4.32 Å². The third-order valence-electron chi connectivity index (χ3n) is 1.56. The van der Waals surface area contributed by atoms with Crippen LogP contribution in [0.1, 0.15) is 39.0 Å². The van der Waals surface area contributed by atoms with Gasteiger partial charge >= 0.3 is 48.9 Å². The fourth-order valence-electron chi connectivity index (χ4n) is 0.924. The topological polar surface area (TPSA) is 12.0 Å². The SMILES string of the molecule is CCCCCCCNC(=S)S.[BaH2]. The summed E-state index contributed by atoms with van der Waals surface area (Å²) in [5.41, 5.74) is 0. The minimum absolute atomic E-state index is 0. The molecule has 0 amide bonds. The molecule has 0 aliphatic heterocycles. The maximum absolute atomic E-state index is 4.75. The Bertz CT molecular complexity index is 109. The van der Waals surface area contributed by atoms with E-state index in [4.69, 9.17) is 12.2 Å². The third kappa shape index (κ3) is 14.3. The summed E-state index contributed by atoms with van der Waals surface area (Å²) in [6.07, 6.45) is 6.51. The van der Waals surface area contributed by atoms with Crippen LogP contribution in [0.4, 0.5) is 0 Å². The molecular formula is C8H19BaNS2. The van der Waals surface area contributed by atoms with Crippen molar-refractivity contribution in [1.82, 2.24) is 5.32 Å². The first-order valence-electron chi connectivity index (χ1n) is 4.24. The van der Waals surface area contributed by atoms with Crippen molar-refractivity contribution in [2.75, 3.05) is 6.54 Å². The first kappa shape index (κ1) is 16.2. The number of hydrogen-bond donors (Lipinski definition) is 2. The van der Waals surface area contributed by atoms with Gasteiger partial charge in [-0.3, -0.25) is 0 Å². The van der Waals surface area contributed by atoms with Gasteiger partial charge in [0.05, 0.1) is 0 Å². The van der Waals surface area contributed by atoms with Crippen LogP contribution in [0.15, 0.2) is 0 Å². The summed E-state index contributed by atoms with van der Waals surface area (Å²) in [6, 6.07) is 0. The van der Waals surface area contributed by atoms with Gasteiger partial charge in [0.25, 0.3) is 0 Å². The Morgan fingerprint density at radius 2 is 1.83 bits per heavy atom. The molecule has 0 saturated heterocycles. The van der Waals surface area contributed by atoms with Crippen LogP contribution in [0, 0.1) is 0 Å². The Morgan fingerprint density at radius 1 is 1.25 bits per heavy atom. The predicted octanol–water partition coefficient (Wildman–Crippen LogP) is 1.84. The number of hydrogen-bond acceptors (Lipinski definition) is 1. The fraction of sp³-hybridized carbons (Fsp3) is 0.875. The monoisotopic (exact) mass is 331 g/mol. The second kappa shape index (κ2) is 12.8. The van der Waals surface area contributed by atoms with E-state index in [0.29, 0.717) is 4.32 Å². The second-order valence-corrected chi connectivity index (χ2v) is 3.80. The van der Waals surface area contributed by atoms with Gasteiger partial charge < -0.3 is 5.32 Å². The van der Waals surface area contributed by atoms with Crippen LogP contribution in [0.2, 0.25) is 0 Å². The molecule has 0 bridgehead atoms. The molecule has 0 aliphatic carbocycles. The van der Waals surface area contributed by atoms with Gasteiger partial charge in [0.15, 0.2) is 0 Å². The van der Waals surface area contributed by atoms with Crippen LogP contribution in [0.3, 0.4) is 0 Å². The summed E-state index contributed by atoms with van der Waals surface area (Å²) in [7, 11) is 0. The zero-order valence-corrected chi connectivity index (χ0v) is 8.81. The normalized spacial score (nSPS) is 8.83. The molecule has 0 unspecified atom stereocenters. The molecule has 1 N–H and O–H groups in total. The van der Waals surface area contributed by atoms with Crippen LogP contribution in [0.25, 0.3) is 0 Å². The molecule has 1 nitrogen and oxygen atoms in total. The van der Waals surface area contributed by atoms with Crippen LogP contribution in [0.5, 0.6) is 0 Å². The molecule has 0 aliphatic rings.